The van der Waals surface area contributed by atoms with Gasteiger partial charge >= 0.3 is 0 Å². The van der Waals surface area contributed by atoms with Gasteiger partial charge in [-0.1, -0.05) is 18.2 Å². The van der Waals surface area contributed by atoms with E-state index in [1.807, 2.05) is 43.3 Å². The number of hydrogen-bond donors (Lipinski definition) is 1. The average molecular weight is 282 g/mol. The van der Waals surface area contributed by atoms with Gasteiger partial charge in [0.2, 0.25) is 0 Å². The van der Waals surface area contributed by atoms with Crippen LogP contribution in [-0.2, 0) is 0 Å². The lowest BCUT2D eigenvalue weighted by Crippen LogP contribution is -2.13. The number of aryl methyl sites for hydroxylation is 1. The first kappa shape index (κ1) is 11.4. The molecule has 0 aliphatic carbocycles. The Morgan fingerprint density at radius 2 is 2.00 bits per heavy atom. The van der Waals surface area contributed by atoms with E-state index in [4.69, 9.17) is 0 Å². The minimum absolute atomic E-state index is 0.167. The molecule has 0 radical (unpaired) electrons. The van der Waals surface area contributed by atoms with Gasteiger partial charge in [0.25, 0.3) is 5.56 Å². The van der Waals surface area contributed by atoms with E-state index in [-0.39, 0.29) is 5.56 Å². The number of thiophene rings is 1. The molecule has 0 saturated heterocycles. The lowest BCUT2D eigenvalue weighted by Gasteiger charge is -1.96. The molecule has 3 heterocycles. The summed E-state index contributed by atoms with van der Waals surface area (Å²) >= 11 is 1.56. The summed E-state index contributed by atoms with van der Waals surface area (Å²) in [7, 11) is 0. The van der Waals surface area contributed by atoms with E-state index in [1.54, 1.807) is 11.3 Å². The van der Waals surface area contributed by atoms with E-state index in [9.17, 15) is 4.79 Å². The molecule has 0 atom stereocenters. The van der Waals surface area contributed by atoms with Crippen LogP contribution in [0.1, 0.15) is 4.88 Å². The smallest absolute Gasteiger partial charge is 0.287 e. The summed E-state index contributed by atoms with van der Waals surface area (Å²) in [6.45, 7) is 2.01. The van der Waals surface area contributed by atoms with Crippen molar-refractivity contribution in [3.05, 3.63) is 51.6 Å². The molecule has 0 spiro atoms. The summed E-state index contributed by atoms with van der Waals surface area (Å²) in [6.07, 6.45) is 0. The lowest BCUT2D eigenvalue weighted by atomic mass is 10.2. The van der Waals surface area contributed by atoms with Crippen molar-refractivity contribution in [3.63, 3.8) is 0 Å². The highest BCUT2D eigenvalue weighted by Crippen LogP contribution is 2.22. The Kier molecular flexibility index (Phi) is 2.28. The second kappa shape index (κ2) is 4.01. The standard InChI is InChI=1S/C14H10N4OS/c1-8-6-7-11(20-8)18-14(19)13-12(17-18)9-4-2-3-5-10(9)15-16-13/h2-7,17H,1H3. The fourth-order valence-corrected chi connectivity index (χ4v) is 3.10. The van der Waals surface area contributed by atoms with Crippen LogP contribution in [0.15, 0.2) is 41.2 Å². The van der Waals surface area contributed by atoms with Crippen molar-refractivity contribution < 1.29 is 0 Å². The van der Waals surface area contributed by atoms with Crippen LogP contribution >= 0.6 is 11.3 Å². The van der Waals surface area contributed by atoms with Crippen LogP contribution in [-0.4, -0.2) is 20.0 Å². The summed E-state index contributed by atoms with van der Waals surface area (Å²) in [6, 6.07) is 11.6. The minimum atomic E-state index is -0.167. The number of H-pyrrole nitrogens is 1. The van der Waals surface area contributed by atoms with Crippen LogP contribution in [0.2, 0.25) is 0 Å². The van der Waals surface area contributed by atoms with Crippen LogP contribution in [0.5, 0.6) is 0 Å². The van der Waals surface area contributed by atoms with Crippen LogP contribution in [0.3, 0.4) is 0 Å². The number of hydrogen-bond acceptors (Lipinski definition) is 4. The Bertz CT molecular complexity index is 995. The average Bonchev–Trinajstić information content (AvgIpc) is 3.03. The third kappa shape index (κ3) is 1.51. The van der Waals surface area contributed by atoms with Gasteiger partial charge in [-0.3, -0.25) is 9.89 Å². The van der Waals surface area contributed by atoms with Crippen LogP contribution < -0.4 is 5.56 Å². The Labute approximate surface area is 117 Å². The molecular weight excluding hydrogens is 272 g/mol. The first-order valence-corrected chi connectivity index (χ1v) is 6.98. The zero-order valence-corrected chi connectivity index (χ0v) is 11.4. The molecular formula is C14H10N4OS. The van der Waals surface area contributed by atoms with E-state index >= 15 is 0 Å². The van der Waals surface area contributed by atoms with Gasteiger partial charge in [0.05, 0.1) is 11.0 Å². The van der Waals surface area contributed by atoms with Crippen molar-refractivity contribution in [3.8, 4) is 5.00 Å². The lowest BCUT2D eigenvalue weighted by molar-refractivity contribution is 0.880. The highest BCUT2D eigenvalue weighted by molar-refractivity contribution is 7.14. The van der Waals surface area contributed by atoms with Crippen molar-refractivity contribution >= 4 is 33.3 Å². The van der Waals surface area contributed by atoms with Crippen LogP contribution in [0.4, 0.5) is 0 Å². The van der Waals surface area contributed by atoms with Gasteiger partial charge < -0.3 is 0 Å². The maximum Gasteiger partial charge on any atom is 0.300 e. The van der Waals surface area contributed by atoms with Gasteiger partial charge in [0.15, 0.2) is 5.52 Å². The first-order chi connectivity index (χ1) is 9.74. The summed E-state index contributed by atoms with van der Waals surface area (Å²) in [4.78, 5) is 13.6. The first-order valence-electron chi connectivity index (χ1n) is 6.17. The van der Waals surface area contributed by atoms with Crippen molar-refractivity contribution in [2.75, 3.05) is 0 Å². The van der Waals surface area contributed by atoms with E-state index < -0.39 is 0 Å². The molecule has 0 fully saturated rings. The summed E-state index contributed by atoms with van der Waals surface area (Å²) in [5.74, 6) is 0. The second-order valence-corrected chi connectivity index (χ2v) is 5.84. The third-order valence-corrected chi connectivity index (χ3v) is 4.23. The third-order valence-electron chi connectivity index (χ3n) is 3.24. The quantitative estimate of drug-likeness (QED) is 0.583. The molecule has 0 aliphatic heterocycles. The molecule has 4 aromatic rings. The normalized spacial score (nSPS) is 11.4. The maximum atomic E-state index is 12.4. The van der Waals surface area contributed by atoms with Gasteiger partial charge in [0, 0.05) is 10.3 Å². The number of aromatic nitrogens is 4. The molecule has 0 unspecified atom stereocenters. The fraction of sp³-hybridized carbons (Fsp3) is 0.0714. The summed E-state index contributed by atoms with van der Waals surface area (Å²) < 4.78 is 1.53. The van der Waals surface area contributed by atoms with Gasteiger partial charge in [0.1, 0.15) is 5.00 Å². The highest BCUT2D eigenvalue weighted by Gasteiger charge is 2.13. The summed E-state index contributed by atoms with van der Waals surface area (Å²) in [5.41, 5.74) is 1.71. The van der Waals surface area contributed by atoms with Crippen molar-refractivity contribution in [1.29, 1.82) is 0 Å². The van der Waals surface area contributed by atoms with Crippen molar-refractivity contribution in [2.45, 2.75) is 6.92 Å². The number of nitrogens with one attached hydrogen (secondary N) is 1. The minimum Gasteiger partial charge on any atom is -0.287 e. The van der Waals surface area contributed by atoms with Crippen molar-refractivity contribution in [2.24, 2.45) is 0 Å². The number of rotatable bonds is 1. The molecule has 6 heteroatoms. The van der Waals surface area contributed by atoms with E-state index in [2.05, 4.69) is 15.3 Å². The molecule has 98 valence electrons. The predicted molar refractivity (Wildman–Crippen MR) is 79.6 cm³/mol. The molecule has 5 nitrogen and oxygen atoms in total. The second-order valence-electron chi connectivity index (χ2n) is 4.58. The molecule has 4 rings (SSSR count). The fourth-order valence-electron chi connectivity index (χ4n) is 2.28. The molecule has 0 saturated carbocycles. The number of benzene rings is 1. The zero-order chi connectivity index (χ0) is 13.7. The zero-order valence-electron chi connectivity index (χ0n) is 10.6. The van der Waals surface area contributed by atoms with Crippen LogP contribution in [0, 0.1) is 6.92 Å². The molecule has 1 N–H and O–H groups in total. The maximum absolute atomic E-state index is 12.4. The molecule has 3 aromatic heterocycles. The Hall–Kier alpha value is -2.47. The van der Waals surface area contributed by atoms with Gasteiger partial charge in [-0.2, -0.15) is 0 Å². The van der Waals surface area contributed by atoms with E-state index in [0.29, 0.717) is 5.52 Å². The number of fused-ring (bicyclic) bond motifs is 3. The van der Waals surface area contributed by atoms with Gasteiger partial charge in [-0.05, 0) is 25.1 Å². The highest BCUT2D eigenvalue weighted by atomic mass is 32.1. The molecule has 0 amide bonds. The molecule has 20 heavy (non-hydrogen) atoms. The predicted octanol–water partition coefficient (Wildman–Crippen LogP) is 2.63. The van der Waals surface area contributed by atoms with Crippen molar-refractivity contribution in [1.82, 2.24) is 20.0 Å². The monoisotopic (exact) mass is 282 g/mol. The molecule has 0 aliphatic rings. The largest absolute Gasteiger partial charge is 0.300 e. The van der Waals surface area contributed by atoms with Crippen LogP contribution in [0.25, 0.3) is 26.9 Å². The Balaban J connectivity index is 2.12. The Morgan fingerprint density at radius 3 is 2.80 bits per heavy atom. The molecule has 0 bridgehead atoms. The van der Waals surface area contributed by atoms with E-state index in [0.717, 1.165) is 26.3 Å². The number of aromatic amines is 1. The van der Waals surface area contributed by atoms with Gasteiger partial charge in [-0.15, -0.1) is 21.5 Å². The SMILES string of the molecule is Cc1ccc(-n2[nH]c3c(nnc4ccccc43)c2=O)s1. The summed E-state index contributed by atoms with van der Waals surface area (Å²) in [5, 5.41) is 13.1. The molecule has 1 aromatic carbocycles. The van der Waals surface area contributed by atoms with Gasteiger partial charge in [-0.25, -0.2) is 4.68 Å². The number of nitrogens with zero attached hydrogens (tertiary/aromatic N) is 3. The Morgan fingerprint density at radius 1 is 1.15 bits per heavy atom. The van der Waals surface area contributed by atoms with E-state index in [1.165, 1.54) is 4.68 Å². The topological polar surface area (TPSA) is 63.6 Å².